The predicted molar refractivity (Wildman–Crippen MR) is 112 cm³/mol. The molecule has 3 N–H and O–H groups in total. The number of carbonyl (C=O) groups excluding carboxylic acids is 2. The highest BCUT2D eigenvalue weighted by atomic mass is 19.4. The minimum atomic E-state index is -4.81. The van der Waals surface area contributed by atoms with E-state index in [0.29, 0.717) is 30.8 Å². The van der Waals surface area contributed by atoms with Crippen LogP contribution in [0.25, 0.3) is 5.69 Å². The number of hydrogen-bond donors (Lipinski definition) is 2. The highest BCUT2D eigenvalue weighted by molar-refractivity contribution is 5.93. The normalized spacial score (nSPS) is 21.9. The number of nitrogens with two attached hydrogens (primary N) is 1. The summed E-state index contributed by atoms with van der Waals surface area (Å²) in [4.78, 5) is 21.7. The van der Waals surface area contributed by atoms with Gasteiger partial charge in [0.25, 0.3) is 5.91 Å². The number of aromatic nitrogens is 2. The van der Waals surface area contributed by atoms with Crippen LogP contribution in [0.3, 0.4) is 0 Å². The van der Waals surface area contributed by atoms with E-state index in [2.05, 4.69) is 16.9 Å². The van der Waals surface area contributed by atoms with E-state index in [1.807, 2.05) is 18.7 Å². The third-order valence-electron chi connectivity index (χ3n) is 5.46. The molecular weight excluding hydrogens is 441 g/mol. The van der Waals surface area contributed by atoms with Crippen LogP contribution in [0.15, 0.2) is 18.2 Å². The van der Waals surface area contributed by atoms with E-state index in [0.717, 1.165) is 4.68 Å². The van der Waals surface area contributed by atoms with Crippen molar-refractivity contribution in [2.75, 3.05) is 26.7 Å². The summed E-state index contributed by atoms with van der Waals surface area (Å²) in [5.74, 6) is 4.11. The molecule has 4 rings (SSSR count). The summed E-state index contributed by atoms with van der Waals surface area (Å²) in [5.41, 5.74) is 2.57. The fourth-order valence-corrected chi connectivity index (χ4v) is 3.97. The zero-order chi connectivity index (χ0) is 24.6. The lowest BCUT2D eigenvalue weighted by molar-refractivity contribution is -0.138. The Bertz CT molecular complexity index is 1140. The second kappa shape index (κ2) is 8.88. The van der Waals surface area contributed by atoms with Gasteiger partial charge in [-0.25, -0.2) is 4.68 Å². The van der Waals surface area contributed by atoms with Crippen LogP contribution in [-0.4, -0.2) is 64.8 Å². The van der Waals surface area contributed by atoms with E-state index in [1.54, 1.807) is 19.1 Å². The molecule has 0 radical (unpaired) electrons. The van der Waals surface area contributed by atoms with Gasteiger partial charge in [0, 0.05) is 31.0 Å². The highest BCUT2D eigenvalue weighted by Crippen LogP contribution is 2.41. The van der Waals surface area contributed by atoms with E-state index < -0.39 is 34.9 Å². The fraction of sp³-hybridized carbons (Fsp3) is 0.409. The molecule has 33 heavy (non-hydrogen) atoms. The minimum Gasteiger partial charge on any atom is -0.491 e. The molecular formula is C22H23F3N4O4. The van der Waals surface area contributed by atoms with Crippen LogP contribution >= 0.6 is 0 Å². The van der Waals surface area contributed by atoms with Gasteiger partial charge in [0.05, 0.1) is 12.3 Å². The number of ether oxygens (including phenoxy) is 1. The summed E-state index contributed by atoms with van der Waals surface area (Å²) in [5, 5.41) is 14.5. The molecule has 0 aliphatic carbocycles. The van der Waals surface area contributed by atoms with Gasteiger partial charge < -0.3 is 25.3 Å². The SMILES string of the molecule is C=O.CC1COc2ccc(C#C[C@]3(O)CCN(C)C3)cc2-n2nc(C(N)=O)c(C(F)(F)F)c21. The zero-order valence-corrected chi connectivity index (χ0v) is 18.1. The number of fused-ring (bicyclic) bond motifs is 3. The summed E-state index contributed by atoms with van der Waals surface area (Å²) in [6.07, 6.45) is -4.31. The summed E-state index contributed by atoms with van der Waals surface area (Å²) < 4.78 is 48.2. The van der Waals surface area contributed by atoms with Crippen molar-refractivity contribution in [2.45, 2.75) is 31.0 Å². The molecule has 0 saturated carbocycles. The molecule has 176 valence electrons. The van der Waals surface area contributed by atoms with Crippen molar-refractivity contribution in [3.05, 3.63) is 40.7 Å². The zero-order valence-electron chi connectivity index (χ0n) is 18.1. The van der Waals surface area contributed by atoms with Crippen molar-refractivity contribution >= 4 is 12.7 Å². The lowest BCUT2D eigenvalue weighted by atomic mass is 10.0. The number of β-amino-alcohol motifs (C(OH)–C–C–N with tert-alkyl or cyclic N) is 1. The second-order valence-corrected chi connectivity index (χ2v) is 8.05. The molecule has 1 aromatic heterocycles. The number of likely N-dealkylation sites (tertiary alicyclic amines) is 1. The number of aliphatic hydroxyl groups is 1. The van der Waals surface area contributed by atoms with Gasteiger partial charge in [-0.2, -0.15) is 18.3 Å². The number of benzene rings is 1. The van der Waals surface area contributed by atoms with Gasteiger partial charge in [0.1, 0.15) is 29.4 Å². The Morgan fingerprint density at radius 1 is 1.39 bits per heavy atom. The molecule has 1 amide bonds. The van der Waals surface area contributed by atoms with Crippen LogP contribution < -0.4 is 10.5 Å². The van der Waals surface area contributed by atoms with Gasteiger partial charge in [0.2, 0.25) is 0 Å². The van der Waals surface area contributed by atoms with E-state index in [1.165, 1.54) is 6.07 Å². The molecule has 2 aliphatic rings. The van der Waals surface area contributed by atoms with E-state index in [9.17, 15) is 23.1 Å². The van der Waals surface area contributed by atoms with Gasteiger partial charge in [-0.05, 0) is 25.2 Å². The maximum absolute atomic E-state index is 13.8. The topological polar surface area (TPSA) is 111 Å². The number of nitrogens with zero attached hydrogens (tertiary/aromatic N) is 3. The average molecular weight is 464 g/mol. The number of primary amides is 1. The molecule has 1 aromatic carbocycles. The van der Waals surface area contributed by atoms with Crippen LogP contribution in [0.2, 0.25) is 0 Å². The first kappa shape index (κ1) is 24.3. The van der Waals surface area contributed by atoms with Crippen molar-refractivity contribution in [1.29, 1.82) is 0 Å². The Morgan fingerprint density at radius 2 is 2.09 bits per heavy atom. The molecule has 0 bridgehead atoms. The molecule has 8 nitrogen and oxygen atoms in total. The second-order valence-electron chi connectivity index (χ2n) is 8.05. The van der Waals surface area contributed by atoms with Gasteiger partial charge >= 0.3 is 6.18 Å². The molecule has 11 heteroatoms. The molecule has 1 unspecified atom stereocenters. The molecule has 2 aliphatic heterocycles. The first-order valence-electron chi connectivity index (χ1n) is 9.98. The van der Waals surface area contributed by atoms with Crippen LogP contribution in [0.5, 0.6) is 5.75 Å². The summed E-state index contributed by atoms with van der Waals surface area (Å²) in [6.45, 7) is 4.66. The van der Waals surface area contributed by atoms with Crippen molar-refractivity contribution in [2.24, 2.45) is 5.73 Å². The summed E-state index contributed by atoms with van der Waals surface area (Å²) in [7, 11) is 1.88. The molecule has 0 spiro atoms. The van der Waals surface area contributed by atoms with Gasteiger partial charge in [-0.3, -0.25) is 4.79 Å². The Balaban J connectivity index is 0.00000149. The number of rotatable bonds is 1. The van der Waals surface area contributed by atoms with E-state index in [-0.39, 0.29) is 18.0 Å². The Labute approximate surface area is 188 Å². The Hall–Kier alpha value is -3.36. The average Bonchev–Trinajstić information content (AvgIpc) is 3.30. The molecule has 2 atom stereocenters. The van der Waals surface area contributed by atoms with Crippen molar-refractivity contribution in [3.8, 4) is 23.3 Å². The number of likely N-dealkylation sites (N-methyl/N-ethyl adjacent to an activating group) is 1. The van der Waals surface area contributed by atoms with Crippen LogP contribution in [0.1, 0.15) is 46.6 Å². The largest absolute Gasteiger partial charge is 0.491 e. The van der Waals surface area contributed by atoms with Crippen molar-refractivity contribution < 1.29 is 32.6 Å². The highest BCUT2D eigenvalue weighted by Gasteiger charge is 2.44. The van der Waals surface area contributed by atoms with Crippen LogP contribution in [0, 0.1) is 11.8 Å². The van der Waals surface area contributed by atoms with E-state index >= 15 is 0 Å². The molecule has 1 saturated heterocycles. The van der Waals surface area contributed by atoms with Crippen LogP contribution in [0.4, 0.5) is 13.2 Å². The summed E-state index contributed by atoms with van der Waals surface area (Å²) >= 11 is 0. The van der Waals surface area contributed by atoms with Gasteiger partial charge in [-0.15, -0.1) is 0 Å². The van der Waals surface area contributed by atoms with Crippen LogP contribution in [-0.2, 0) is 11.0 Å². The lowest BCUT2D eigenvalue weighted by Crippen LogP contribution is -2.29. The van der Waals surface area contributed by atoms with Crippen molar-refractivity contribution in [3.63, 3.8) is 0 Å². The third-order valence-corrected chi connectivity index (χ3v) is 5.46. The standard InChI is InChI=1S/C21H21F3N4O3.CH2O/c1-12-10-31-15-4-3-13(5-6-20(30)7-8-27(2)11-20)9-14(15)28-18(12)16(21(22,23)24)17(26-28)19(25)29;1-2/h3-4,9,12,30H,7-8,10-11H2,1-2H3,(H2,25,29);1H2/t12?,20-;/m0./s1. The Morgan fingerprint density at radius 3 is 2.67 bits per heavy atom. The fourth-order valence-electron chi connectivity index (χ4n) is 3.97. The Kier molecular flexibility index (Phi) is 6.53. The minimum absolute atomic E-state index is 0.0307. The van der Waals surface area contributed by atoms with Crippen molar-refractivity contribution in [1.82, 2.24) is 14.7 Å². The number of halogens is 3. The number of amides is 1. The predicted octanol–water partition coefficient (Wildman–Crippen LogP) is 1.72. The third kappa shape index (κ3) is 4.72. The number of hydrogen-bond acceptors (Lipinski definition) is 6. The molecule has 2 aromatic rings. The lowest BCUT2D eigenvalue weighted by Gasteiger charge is -2.14. The van der Waals surface area contributed by atoms with Gasteiger partial charge in [0.15, 0.2) is 5.69 Å². The number of carbonyl (C=O) groups is 2. The first-order valence-corrected chi connectivity index (χ1v) is 9.98. The molecule has 1 fully saturated rings. The quantitative estimate of drug-likeness (QED) is 0.622. The smallest absolute Gasteiger partial charge is 0.420 e. The molecule has 3 heterocycles. The van der Waals surface area contributed by atoms with E-state index in [4.69, 9.17) is 15.3 Å². The first-order chi connectivity index (χ1) is 15.5. The summed E-state index contributed by atoms with van der Waals surface area (Å²) in [6, 6.07) is 4.78. The monoisotopic (exact) mass is 464 g/mol. The van der Waals surface area contributed by atoms with Gasteiger partial charge in [-0.1, -0.05) is 18.8 Å². The maximum atomic E-state index is 13.8. The number of alkyl halides is 3. The maximum Gasteiger partial charge on any atom is 0.420 e.